The third-order valence-corrected chi connectivity index (χ3v) is 3.54. The number of aromatic nitrogens is 1. The number of hydrogen-bond acceptors (Lipinski definition) is 2. The summed E-state index contributed by atoms with van der Waals surface area (Å²) in [4.78, 5) is 22.8. The summed E-state index contributed by atoms with van der Waals surface area (Å²) in [5.41, 5.74) is 4.26. The van der Waals surface area contributed by atoms with E-state index in [1.165, 1.54) is 16.2 Å². The topological polar surface area (TPSA) is 59.3 Å². The van der Waals surface area contributed by atoms with Crippen LogP contribution in [0.4, 0.5) is 0 Å². The molecule has 1 N–H and O–H groups in total. The molecule has 0 amide bonds. The van der Waals surface area contributed by atoms with Crippen molar-refractivity contribution in [1.29, 1.82) is 0 Å². The maximum atomic E-state index is 12.2. The van der Waals surface area contributed by atoms with E-state index in [9.17, 15) is 9.59 Å². The van der Waals surface area contributed by atoms with E-state index in [1.54, 1.807) is 13.1 Å². The van der Waals surface area contributed by atoms with Gasteiger partial charge in [-0.05, 0) is 54.8 Å². The lowest BCUT2D eigenvalue weighted by Crippen LogP contribution is -2.20. The summed E-state index contributed by atoms with van der Waals surface area (Å²) in [7, 11) is 1.69. The van der Waals surface area contributed by atoms with Crippen molar-refractivity contribution in [2.24, 2.45) is 7.05 Å². The minimum Gasteiger partial charge on any atom is -0.478 e. The normalized spacial score (nSPS) is 11.0. The minimum absolute atomic E-state index is 0.219. The molecule has 2 aromatic rings. The van der Waals surface area contributed by atoms with E-state index >= 15 is 0 Å². The molecule has 4 heteroatoms. The molecule has 0 aliphatic heterocycles. The number of carbonyl (C=O) groups is 1. The second-order valence-corrected chi connectivity index (χ2v) is 5.01. The highest BCUT2D eigenvalue weighted by Crippen LogP contribution is 2.21. The number of nitrogens with zero attached hydrogens (tertiary/aromatic N) is 1. The van der Waals surface area contributed by atoms with Gasteiger partial charge >= 0.3 is 5.97 Å². The maximum absolute atomic E-state index is 12.2. The average molecular weight is 283 g/mol. The zero-order chi connectivity index (χ0) is 15.6. The van der Waals surface area contributed by atoms with Crippen LogP contribution in [0, 0.1) is 13.8 Å². The Morgan fingerprint density at radius 3 is 2.48 bits per heavy atom. The van der Waals surface area contributed by atoms with Crippen molar-refractivity contribution < 1.29 is 9.90 Å². The van der Waals surface area contributed by atoms with E-state index in [2.05, 4.69) is 0 Å². The van der Waals surface area contributed by atoms with E-state index in [-0.39, 0.29) is 5.56 Å². The van der Waals surface area contributed by atoms with Crippen molar-refractivity contribution in [2.45, 2.75) is 13.8 Å². The van der Waals surface area contributed by atoms with Gasteiger partial charge in [-0.1, -0.05) is 12.1 Å². The maximum Gasteiger partial charge on any atom is 0.328 e. The molecule has 21 heavy (non-hydrogen) atoms. The summed E-state index contributed by atoms with van der Waals surface area (Å²) in [6.45, 7) is 4.07. The molecular formula is C17H17NO3. The Bertz CT molecular complexity index is 785. The molecule has 108 valence electrons. The Morgan fingerprint density at radius 2 is 1.86 bits per heavy atom. The van der Waals surface area contributed by atoms with Crippen molar-refractivity contribution >= 4 is 12.0 Å². The van der Waals surface area contributed by atoms with Crippen LogP contribution in [0.5, 0.6) is 0 Å². The molecule has 0 saturated heterocycles. The highest BCUT2D eigenvalue weighted by atomic mass is 16.4. The largest absolute Gasteiger partial charge is 0.478 e. The first-order valence-corrected chi connectivity index (χ1v) is 6.59. The molecule has 2 rings (SSSR count). The number of pyridine rings is 1. The second kappa shape index (κ2) is 5.79. The molecular weight excluding hydrogens is 266 g/mol. The number of hydrogen-bond donors (Lipinski definition) is 1. The summed E-state index contributed by atoms with van der Waals surface area (Å²) in [5.74, 6) is -1.07. The molecule has 0 aliphatic rings. The van der Waals surface area contributed by atoms with Crippen LogP contribution in [-0.2, 0) is 11.8 Å². The molecule has 0 saturated carbocycles. The number of rotatable bonds is 3. The van der Waals surface area contributed by atoms with E-state index < -0.39 is 5.97 Å². The Kier molecular flexibility index (Phi) is 4.08. The minimum atomic E-state index is -1.07. The third-order valence-electron chi connectivity index (χ3n) is 3.54. The third kappa shape index (κ3) is 3.11. The van der Waals surface area contributed by atoms with Crippen LogP contribution in [-0.4, -0.2) is 15.6 Å². The Hall–Kier alpha value is -2.62. The van der Waals surface area contributed by atoms with Crippen molar-refractivity contribution in [1.82, 2.24) is 4.57 Å². The molecule has 0 aliphatic carbocycles. The lowest BCUT2D eigenvalue weighted by atomic mass is 10.0. The highest BCUT2D eigenvalue weighted by molar-refractivity contribution is 5.85. The molecule has 0 bridgehead atoms. The number of carboxylic acids is 1. The van der Waals surface area contributed by atoms with Crippen LogP contribution in [0.2, 0.25) is 0 Å². The fraction of sp³-hybridized carbons (Fsp3) is 0.176. The molecule has 0 fully saturated rings. The van der Waals surface area contributed by atoms with Crippen LogP contribution in [0.1, 0.15) is 16.7 Å². The van der Waals surface area contributed by atoms with Crippen molar-refractivity contribution in [2.75, 3.05) is 0 Å². The van der Waals surface area contributed by atoms with Gasteiger partial charge in [-0.2, -0.15) is 0 Å². The van der Waals surface area contributed by atoms with E-state index in [4.69, 9.17) is 5.11 Å². The quantitative estimate of drug-likeness (QED) is 0.881. The summed E-state index contributed by atoms with van der Waals surface area (Å²) in [5, 5.41) is 8.63. The molecule has 1 heterocycles. The van der Waals surface area contributed by atoms with Crippen LogP contribution in [0.25, 0.3) is 17.3 Å². The van der Waals surface area contributed by atoms with Gasteiger partial charge < -0.3 is 9.67 Å². The van der Waals surface area contributed by atoms with Crippen molar-refractivity contribution in [3.05, 3.63) is 63.5 Å². The van der Waals surface area contributed by atoms with Gasteiger partial charge in [-0.3, -0.25) is 4.79 Å². The Balaban J connectivity index is 2.52. The summed E-state index contributed by atoms with van der Waals surface area (Å²) in [6, 6.07) is 9.51. The lowest BCUT2D eigenvalue weighted by molar-refractivity contribution is -0.131. The van der Waals surface area contributed by atoms with Crippen molar-refractivity contribution in [3.63, 3.8) is 0 Å². The first kappa shape index (κ1) is 14.8. The zero-order valence-corrected chi connectivity index (χ0v) is 12.3. The van der Waals surface area contributed by atoms with Gasteiger partial charge in [-0.25, -0.2) is 4.79 Å². The zero-order valence-electron chi connectivity index (χ0n) is 12.3. The molecule has 0 unspecified atom stereocenters. The monoisotopic (exact) mass is 283 g/mol. The van der Waals surface area contributed by atoms with Gasteiger partial charge in [0.05, 0.1) is 5.69 Å². The van der Waals surface area contributed by atoms with Gasteiger partial charge in [-0.15, -0.1) is 0 Å². The molecule has 0 spiro atoms. The van der Waals surface area contributed by atoms with E-state index in [0.717, 1.165) is 22.9 Å². The first-order valence-electron chi connectivity index (χ1n) is 6.59. The average Bonchev–Trinajstić information content (AvgIpc) is 2.43. The standard InChI is InChI=1S/C17H17NO3/c1-11-4-5-14(10-12(11)2)15-8-6-13(7-9-16(19)20)17(21)18(15)3/h4-10H,1-3H3,(H,19,20)/b9-7+. The SMILES string of the molecule is Cc1ccc(-c2ccc(/C=C/C(=O)O)c(=O)n2C)cc1C. The second-order valence-electron chi connectivity index (χ2n) is 5.01. The van der Waals surface area contributed by atoms with Crippen LogP contribution in [0.15, 0.2) is 41.2 Å². The predicted octanol–water partition coefficient (Wildman–Crippen LogP) is 2.77. The summed E-state index contributed by atoms with van der Waals surface area (Å²) >= 11 is 0. The smallest absolute Gasteiger partial charge is 0.328 e. The Labute approximate surface area is 123 Å². The van der Waals surface area contributed by atoms with Gasteiger partial charge in [0.2, 0.25) is 0 Å². The molecule has 4 nitrogen and oxygen atoms in total. The van der Waals surface area contributed by atoms with Gasteiger partial charge in [0.25, 0.3) is 5.56 Å². The summed E-state index contributed by atoms with van der Waals surface area (Å²) in [6.07, 6.45) is 2.28. The molecule has 1 aromatic carbocycles. The molecule has 0 radical (unpaired) electrons. The highest BCUT2D eigenvalue weighted by Gasteiger charge is 2.07. The van der Waals surface area contributed by atoms with Gasteiger partial charge in [0.1, 0.15) is 0 Å². The molecule has 1 aromatic heterocycles. The van der Waals surface area contributed by atoms with Crippen molar-refractivity contribution in [3.8, 4) is 11.3 Å². The Morgan fingerprint density at radius 1 is 1.14 bits per heavy atom. The predicted molar refractivity (Wildman–Crippen MR) is 83.3 cm³/mol. The van der Waals surface area contributed by atoms with E-state index in [0.29, 0.717) is 5.56 Å². The lowest BCUT2D eigenvalue weighted by Gasteiger charge is -2.11. The molecule has 0 atom stereocenters. The number of benzene rings is 1. The first-order chi connectivity index (χ1) is 9.90. The fourth-order valence-corrected chi connectivity index (χ4v) is 2.13. The van der Waals surface area contributed by atoms with Gasteiger partial charge in [0.15, 0.2) is 0 Å². The number of aryl methyl sites for hydroxylation is 2. The number of aliphatic carboxylic acids is 1. The fourth-order valence-electron chi connectivity index (χ4n) is 2.13. The van der Waals surface area contributed by atoms with Crippen LogP contribution in [0.3, 0.4) is 0 Å². The van der Waals surface area contributed by atoms with Crippen LogP contribution < -0.4 is 5.56 Å². The van der Waals surface area contributed by atoms with Gasteiger partial charge in [0, 0.05) is 18.7 Å². The van der Waals surface area contributed by atoms with E-state index in [1.807, 2.05) is 38.1 Å². The van der Waals surface area contributed by atoms with Crippen LogP contribution >= 0.6 is 0 Å². The number of carboxylic acid groups (broad SMARTS) is 1. The summed E-state index contributed by atoms with van der Waals surface area (Å²) < 4.78 is 1.53.